The maximum Gasteiger partial charge on any atom is 0.0237 e. The highest BCUT2D eigenvalue weighted by atomic mass is 15.2. The Balaban J connectivity index is 1.99. The summed E-state index contributed by atoms with van der Waals surface area (Å²) in [6.45, 7) is 4.65. The summed E-state index contributed by atoms with van der Waals surface area (Å²) in [5.41, 5.74) is 1.42. The maximum absolute atomic E-state index is 3.43. The van der Waals surface area contributed by atoms with Gasteiger partial charge < -0.3 is 5.32 Å². The second-order valence-electron chi connectivity index (χ2n) is 4.73. The van der Waals surface area contributed by atoms with Crippen LogP contribution in [-0.2, 0) is 6.54 Å². The molecule has 0 radical (unpaired) electrons. The van der Waals surface area contributed by atoms with Crippen molar-refractivity contribution in [2.24, 2.45) is 0 Å². The Morgan fingerprint density at radius 1 is 1.31 bits per heavy atom. The number of nitrogens with zero attached hydrogens (tertiary/aromatic N) is 1. The first-order chi connectivity index (χ1) is 7.81. The molecular weight excluding hydrogens is 196 g/mol. The van der Waals surface area contributed by atoms with E-state index in [0.29, 0.717) is 12.1 Å². The van der Waals surface area contributed by atoms with Gasteiger partial charge in [0.2, 0.25) is 0 Å². The third kappa shape index (κ3) is 2.63. The van der Waals surface area contributed by atoms with Gasteiger partial charge in [0.1, 0.15) is 0 Å². The van der Waals surface area contributed by atoms with Gasteiger partial charge in [0.15, 0.2) is 0 Å². The lowest BCUT2D eigenvalue weighted by Crippen LogP contribution is -2.51. The number of rotatable bonds is 3. The van der Waals surface area contributed by atoms with Crippen molar-refractivity contribution in [1.82, 2.24) is 10.2 Å². The summed E-state index contributed by atoms with van der Waals surface area (Å²) in [5, 5.41) is 3.43. The Morgan fingerprint density at radius 3 is 2.75 bits per heavy atom. The van der Waals surface area contributed by atoms with Crippen LogP contribution in [0.4, 0.5) is 0 Å². The molecule has 1 heterocycles. The van der Waals surface area contributed by atoms with Gasteiger partial charge in [0, 0.05) is 18.6 Å². The molecule has 0 saturated carbocycles. The third-order valence-electron chi connectivity index (χ3n) is 3.72. The summed E-state index contributed by atoms with van der Waals surface area (Å²) in [6.07, 6.45) is 2.62. The van der Waals surface area contributed by atoms with Crippen molar-refractivity contribution in [3.63, 3.8) is 0 Å². The van der Waals surface area contributed by atoms with Crippen LogP contribution >= 0.6 is 0 Å². The van der Waals surface area contributed by atoms with Gasteiger partial charge in [-0.25, -0.2) is 0 Å². The summed E-state index contributed by atoms with van der Waals surface area (Å²) >= 11 is 0. The van der Waals surface area contributed by atoms with Crippen LogP contribution in [0.3, 0.4) is 0 Å². The summed E-state index contributed by atoms with van der Waals surface area (Å²) < 4.78 is 0. The van der Waals surface area contributed by atoms with Gasteiger partial charge in [0.25, 0.3) is 0 Å². The fraction of sp³-hybridized carbons (Fsp3) is 0.571. The van der Waals surface area contributed by atoms with E-state index in [1.165, 1.54) is 24.9 Å². The number of likely N-dealkylation sites (N-methyl/N-ethyl adjacent to an activating group) is 1. The second-order valence-corrected chi connectivity index (χ2v) is 4.73. The molecule has 2 unspecified atom stereocenters. The molecule has 1 N–H and O–H groups in total. The number of piperidine rings is 1. The minimum absolute atomic E-state index is 0.638. The first kappa shape index (κ1) is 11.6. The highest BCUT2D eigenvalue weighted by Crippen LogP contribution is 2.19. The Labute approximate surface area is 98.7 Å². The molecule has 1 aromatic rings. The Morgan fingerprint density at radius 2 is 2.06 bits per heavy atom. The minimum atomic E-state index is 0.638. The summed E-state index contributed by atoms with van der Waals surface area (Å²) in [4.78, 5) is 2.58. The molecule has 1 fully saturated rings. The molecular formula is C14H22N2. The van der Waals surface area contributed by atoms with Crippen molar-refractivity contribution in [1.29, 1.82) is 0 Å². The number of hydrogen-bond acceptors (Lipinski definition) is 2. The van der Waals surface area contributed by atoms with Crippen molar-refractivity contribution in [2.45, 2.75) is 38.4 Å². The van der Waals surface area contributed by atoms with E-state index in [1.807, 2.05) is 0 Å². The Bertz CT molecular complexity index is 310. The largest absolute Gasteiger partial charge is 0.315 e. The zero-order valence-electron chi connectivity index (χ0n) is 10.3. The number of hydrogen-bond donors (Lipinski definition) is 1. The Kier molecular flexibility index (Phi) is 3.97. The highest BCUT2D eigenvalue weighted by molar-refractivity contribution is 5.14. The van der Waals surface area contributed by atoms with Crippen molar-refractivity contribution >= 4 is 0 Å². The van der Waals surface area contributed by atoms with Gasteiger partial charge in [-0.1, -0.05) is 30.3 Å². The molecule has 2 rings (SSSR count). The van der Waals surface area contributed by atoms with E-state index in [0.717, 1.165) is 6.54 Å². The molecule has 1 aliphatic rings. The molecule has 0 aliphatic carbocycles. The van der Waals surface area contributed by atoms with Crippen molar-refractivity contribution in [3.8, 4) is 0 Å². The van der Waals surface area contributed by atoms with Gasteiger partial charge in [0.05, 0.1) is 0 Å². The monoisotopic (exact) mass is 218 g/mol. The first-order valence-electron chi connectivity index (χ1n) is 6.26. The van der Waals surface area contributed by atoms with Crippen LogP contribution in [0.1, 0.15) is 25.3 Å². The molecule has 2 atom stereocenters. The lowest BCUT2D eigenvalue weighted by molar-refractivity contribution is 0.120. The first-order valence-corrected chi connectivity index (χ1v) is 6.26. The molecule has 0 aromatic heterocycles. The molecule has 0 bridgehead atoms. The van der Waals surface area contributed by atoms with Gasteiger partial charge in [-0.15, -0.1) is 0 Å². The zero-order valence-corrected chi connectivity index (χ0v) is 10.3. The summed E-state index contributed by atoms with van der Waals surface area (Å²) in [5.74, 6) is 0. The van der Waals surface area contributed by atoms with Crippen LogP contribution < -0.4 is 5.32 Å². The van der Waals surface area contributed by atoms with Gasteiger partial charge in [-0.2, -0.15) is 0 Å². The van der Waals surface area contributed by atoms with Crippen LogP contribution in [0.2, 0.25) is 0 Å². The molecule has 2 nitrogen and oxygen atoms in total. The highest BCUT2D eigenvalue weighted by Gasteiger charge is 2.26. The fourth-order valence-electron chi connectivity index (χ4n) is 2.64. The van der Waals surface area contributed by atoms with Gasteiger partial charge in [-0.05, 0) is 38.9 Å². The summed E-state index contributed by atoms with van der Waals surface area (Å²) in [7, 11) is 2.08. The third-order valence-corrected chi connectivity index (χ3v) is 3.72. The molecule has 0 spiro atoms. The zero-order chi connectivity index (χ0) is 11.4. The maximum atomic E-state index is 3.43. The average Bonchev–Trinajstić information content (AvgIpc) is 2.33. The van der Waals surface area contributed by atoms with E-state index in [4.69, 9.17) is 0 Å². The van der Waals surface area contributed by atoms with Gasteiger partial charge >= 0.3 is 0 Å². The van der Waals surface area contributed by atoms with E-state index in [1.54, 1.807) is 0 Å². The normalized spacial score (nSPS) is 26.9. The van der Waals surface area contributed by atoms with Crippen LogP contribution in [0, 0.1) is 0 Å². The Hall–Kier alpha value is -0.860. The van der Waals surface area contributed by atoms with Crippen LogP contribution in [0.15, 0.2) is 30.3 Å². The SMILES string of the molecule is CNC1CCCN(Cc2ccccc2)C1C. The molecule has 2 heteroatoms. The molecule has 1 aromatic carbocycles. The van der Waals surface area contributed by atoms with Crippen LogP contribution in [-0.4, -0.2) is 30.6 Å². The minimum Gasteiger partial charge on any atom is -0.315 e. The topological polar surface area (TPSA) is 15.3 Å². The lowest BCUT2D eigenvalue weighted by atomic mass is 9.97. The van der Waals surface area contributed by atoms with E-state index in [-0.39, 0.29) is 0 Å². The lowest BCUT2D eigenvalue weighted by Gasteiger charge is -2.39. The molecule has 88 valence electrons. The summed E-state index contributed by atoms with van der Waals surface area (Å²) in [6, 6.07) is 12.1. The van der Waals surface area contributed by atoms with Crippen molar-refractivity contribution in [2.75, 3.05) is 13.6 Å². The number of benzene rings is 1. The van der Waals surface area contributed by atoms with E-state index in [2.05, 4.69) is 54.5 Å². The van der Waals surface area contributed by atoms with Crippen LogP contribution in [0.5, 0.6) is 0 Å². The second kappa shape index (κ2) is 5.46. The number of likely N-dealkylation sites (tertiary alicyclic amines) is 1. The molecule has 1 saturated heterocycles. The van der Waals surface area contributed by atoms with E-state index >= 15 is 0 Å². The van der Waals surface area contributed by atoms with E-state index in [9.17, 15) is 0 Å². The number of nitrogens with one attached hydrogen (secondary N) is 1. The quantitative estimate of drug-likeness (QED) is 0.837. The van der Waals surface area contributed by atoms with Crippen molar-refractivity contribution in [3.05, 3.63) is 35.9 Å². The standard InChI is InChI=1S/C14H22N2/c1-12-14(15-2)9-6-10-16(12)11-13-7-4-3-5-8-13/h3-5,7-8,12,14-15H,6,9-11H2,1-2H3. The predicted molar refractivity (Wildman–Crippen MR) is 68.4 cm³/mol. The fourth-order valence-corrected chi connectivity index (χ4v) is 2.64. The average molecular weight is 218 g/mol. The molecule has 16 heavy (non-hydrogen) atoms. The molecule has 0 amide bonds. The molecule has 1 aliphatic heterocycles. The van der Waals surface area contributed by atoms with Crippen LogP contribution in [0.25, 0.3) is 0 Å². The van der Waals surface area contributed by atoms with E-state index < -0.39 is 0 Å². The predicted octanol–water partition coefficient (Wildman–Crippen LogP) is 2.26. The van der Waals surface area contributed by atoms with Gasteiger partial charge in [-0.3, -0.25) is 4.90 Å². The smallest absolute Gasteiger partial charge is 0.0237 e. The van der Waals surface area contributed by atoms with Crippen molar-refractivity contribution < 1.29 is 0 Å².